The van der Waals surface area contributed by atoms with Crippen LogP contribution in [0.15, 0.2) is 0 Å². The normalized spacial score (nSPS) is 34.2. The van der Waals surface area contributed by atoms with E-state index in [0.717, 1.165) is 32.5 Å². The Morgan fingerprint density at radius 2 is 2.40 bits per heavy atom. The van der Waals surface area contributed by atoms with Crippen molar-refractivity contribution in [3.8, 4) is 0 Å². The van der Waals surface area contributed by atoms with Crippen LogP contribution in [0, 0.1) is 0 Å². The van der Waals surface area contributed by atoms with Crippen LogP contribution in [-0.4, -0.2) is 18.8 Å². The molecule has 0 spiro atoms. The van der Waals surface area contributed by atoms with E-state index in [-0.39, 0.29) is 5.54 Å². The number of hydrogen-bond donors (Lipinski definition) is 1. The van der Waals surface area contributed by atoms with E-state index in [1.165, 1.54) is 6.42 Å². The largest absolute Gasteiger partial charge is 0.380 e. The van der Waals surface area contributed by atoms with E-state index in [2.05, 4.69) is 6.92 Å². The number of nitrogens with two attached hydrogens (primary N) is 1. The molecule has 0 aromatic heterocycles. The van der Waals surface area contributed by atoms with Gasteiger partial charge in [0.05, 0.1) is 6.61 Å². The maximum Gasteiger partial charge on any atom is 0.0646 e. The summed E-state index contributed by atoms with van der Waals surface area (Å²) >= 11 is 0. The molecule has 1 heterocycles. The molecular formula is C8H17NO. The zero-order valence-corrected chi connectivity index (χ0v) is 6.73. The van der Waals surface area contributed by atoms with Gasteiger partial charge in [0.25, 0.3) is 0 Å². The third-order valence-electron chi connectivity index (χ3n) is 2.10. The zero-order chi connectivity index (χ0) is 7.45. The molecule has 1 unspecified atom stereocenters. The predicted octanol–water partition coefficient (Wildman–Crippen LogP) is 1.29. The minimum absolute atomic E-state index is 0.00694. The molecule has 1 aliphatic rings. The van der Waals surface area contributed by atoms with Gasteiger partial charge in [-0.2, -0.15) is 0 Å². The molecule has 1 fully saturated rings. The van der Waals surface area contributed by atoms with Gasteiger partial charge in [0.1, 0.15) is 0 Å². The molecule has 1 atom stereocenters. The Kier molecular flexibility index (Phi) is 2.69. The molecule has 1 rings (SSSR count). The summed E-state index contributed by atoms with van der Waals surface area (Å²) in [6.45, 7) is 3.84. The molecule has 0 aromatic rings. The van der Waals surface area contributed by atoms with E-state index in [0.29, 0.717) is 0 Å². The molecule has 1 saturated heterocycles. The summed E-state index contributed by atoms with van der Waals surface area (Å²) in [6.07, 6.45) is 4.55. The van der Waals surface area contributed by atoms with Gasteiger partial charge in [-0.25, -0.2) is 0 Å². The Labute approximate surface area is 62.7 Å². The first kappa shape index (κ1) is 8.02. The minimum Gasteiger partial charge on any atom is -0.380 e. The summed E-state index contributed by atoms with van der Waals surface area (Å²) in [5.74, 6) is 0. The minimum atomic E-state index is 0.00694. The molecule has 0 saturated carbocycles. The van der Waals surface area contributed by atoms with Crippen LogP contribution in [0.25, 0.3) is 0 Å². The smallest absolute Gasteiger partial charge is 0.0646 e. The van der Waals surface area contributed by atoms with Crippen LogP contribution in [0.5, 0.6) is 0 Å². The number of rotatable bonds is 2. The first-order valence-electron chi connectivity index (χ1n) is 4.13. The fourth-order valence-electron chi connectivity index (χ4n) is 1.57. The number of hydrogen-bond acceptors (Lipinski definition) is 2. The predicted molar refractivity (Wildman–Crippen MR) is 41.9 cm³/mol. The molecule has 1 aliphatic heterocycles. The standard InChI is InChI=1S/C8H17NO/c1-2-4-8(9)5-3-6-10-7-8/h2-7,9H2,1H3. The highest BCUT2D eigenvalue weighted by Gasteiger charge is 2.26. The van der Waals surface area contributed by atoms with Crippen LogP contribution in [0.3, 0.4) is 0 Å². The molecule has 0 aromatic carbocycles. The van der Waals surface area contributed by atoms with Crippen LogP contribution in [0.4, 0.5) is 0 Å². The fourth-order valence-corrected chi connectivity index (χ4v) is 1.57. The van der Waals surface area contributed by atoms with Gasteiger partial charge in [-0.05, 0) is 19.3 Å². The van der Waals surface area contributed by atoms with Crippen LogP contribution in [0.1, 0.15) is 32.6 Å². The maximum absolute atomic E-state index is 6.04. The topological polar surface area (TPSA) is 35.2 Å². The summed E-state index contributed by atoms with van der Waals surface area (Å²) in [5, 5.41) is 0. The van der Waals surface area contributed by atoms with Crippen molar-refractivity contribution >= 4 is 0 Å². The van der Waals surface area contributed by atoms with Gasteiger partial charge >= 0.3 is 0 Å². The monoisotopic (exact) mass is 143 g/mol. The lowest BCUT2D eigenvalue weighted by atomic mass is 9.89. The third kappa shape index (κ3) is 1.96. The Morgan fingerprint density at radius 1 is 1.60 bits per heavy atom. The van der Waals surface area contributed by atoms with Crippen molar-refractivity contribution in [2.24, 2.45) is 5.73 Å². The SMILES string of the molecule is CCCC1(N)CCCOC1. The van der Waals surface area contributed by atoms with E-state index in [1.54, 1.807) is 0 Å². The van der Waals surface area contributed by atoms with Gasteiger partial charge in [-0.3, -0.25) is 0 Å². The molecule has 0 amide bonds. The zero-order valence-electron chi connectivity index (χ0n) is 6.73. The van der Waals surface area contributed by atoms with Crippen LogP contribution >= 0.6 is 0 Å². The maximum atomic E-state index is 6.04. The molecule has 0 aliphatic carbocycles. The van der Waals surface area contributed by atoms with E-state index < -0.39 is 0 Å². The van der Waals surface area contributed by atoms with E-state index in [1.807, 2.05) is 0 Å². The summed E-state index contributed by atoms with van der Waals surface area (Å²) in [4.78, 5) is 0. The number of ether oxygens (including phenoxy) is 1. The van der Waals surface area contributed by atoms with Gasteiger partial charge in [0.15, 0.2) is 0 Å². The molecule has 0 radical (unpaired) electrons. The second-order valence-corrected chi connectivity index (χ2v) is 3.27. The summed E-state index contributed by atoms with van der Waals surface area (Å²) in [6, 6.07) is 0. The lowest BCUT2D eigenvalue weighted by molar-refractivity contribution is 0.0342. The van der Waals surface area contributed by atoms with Gasteiger partial charge in [-0.1, -0.05) is 13.3 Å². The molecular weight excluding hydrogens is 126 g/mol. The van der Waals surface area contributed by atoms with Crippen molar-refractivity contribution in [2.45, 2.75) is 38.1 Å². The van der Waals surface area contributed by atoms with Crippen LogP contribution in [-0.2, 0) is 4.74 Å². The molecule has 2 nitrogen and oxygen atoms in total. The Balaban J connectivity index is 2.32. The highest BCUT2D eigenvalue weighted by molar-refractivity contribution is 4.85. The van der Waals surface area contributed by atoms with Crippen molar-refractivity contribution in [3.63, 3.8) is 0 Å². The second kappa shape index (κ2) is 3.35. The fraction of sp³-hybridized carbons (Fsp3) is 1.00. The Bertz CT molecular complexity index is 91.9. The van der Waals surface area contributed by atoms with E-state index in [4.69, 9.17) is 10.5 Å². The van der Waals surface area contributed by atoms with Crippen molar-refractivity contribution in [1.82, 2.24) is 0 Å². The van der Waals surface area contributed by atoms with Gasteiger partial charge in [0, 0.05) is 12.1 Å². The third-order valence-corrected chi connectivity index (χ3v) is 2.10. The summed E-state index contributed by atoms with van der Waals surface area (Å²) in [5.41, 5.74) is 6.05. The van der Waals surface area contributed by atoms with Crippen molar-refractivity contribution in [1.29, 1.82) is 0 Å². The van der Waals surface area contributed by atoms with E-state index >= 15 is 0 Å². The molecule has 60 valence electrons. The molecule has 10 heavy (non-hydrogen) atoms. The average Bonchev–Trinajstić information content (AvgIpc) is 1.89. The van der Waals surface area contributed by atoms with Crippen LogP contribution in [0.2, 0.25) is 0 Å². The highest BCUT2D eigenvalue weighted by atomic mass is 16.5. The van der Waals surface area contributed by atoms with Crippen molar-refractivity contribution in [2.75, 3.05) is 13.2 Å². The summed E-state index contributed by atoms with van der Waals surface area (Å²) in [7, 11) is 0. The molecule has 2 N–H and O–H groups in total. The molecule has 2 heteroatoms. The second-order valence-electron chi connectivity index (χ2n) is 3.27. The van der Waals surface area contributed by atoms with Gasteiger partial charge < -0.3 is 10.5 Å². The molecule has 0 bridgehead atoms. The Morgan fingerprint density at radius 3 is 2.90 bits per heavy atom. The Hall–Kier alpha value is -0.0800. The van der Waals surface area contributed by atoms with E-state index in [9.17, 15) is 0 Å². The average molecular weight is 143 g/mol. The van der Waals surface area contributed by atoms with Crippen LogP contribution < -0.4 is 5.73 Å². The lowest BCUT2D eigenvalue weighted by Gasteiger charge is -2.32. The van der Waals surface area contributed by atoms with Crippen molar-refractivity contribution < 1.29 is 4.74 Å². The van der Waals surface area contributed by atoms with Gasteiger partial charge in [-0.15, -0.1) is 0 Å². The first-order chi connectivity index (χ1) is 4.77. The van der Waals surface area contributed by atoms with Crippen molar-refractivity contribution in [3.05, 3.63) is 0 Å². The van der Waals surface area contributed by atoms with Gasteiger partial charge in [0.2, 0.25) is 0 Å². The lowest BCUT2D eigenvalue weighted by Crippen LogP contribution is -2.47. The highest BCUT2D eigenvalue weighted by Crippen LogP contribution is 2.20. The first-order valence-corrected chi connectivity index (χ1v) is 4.13. The summed E-state index contributed by atoms with van der Waals surface area (Å²) < 4.78 is 5.31. The quantitative estimate of drug-likeness (QED) is 0.632.